The van der Waals surface area contributed by atoms with Gasteiger partial charge in [-0.05, 0) is 59.7 Å². The van der Waals surface area contributed by atoms with E-state index in [9.17, 15) is 0 Å². The first-order chi connectivity index (χ1) is 11.1. The predicted molar refractivity (Wildman–Crippen MR) is 100 cm³/mol. The summed E-state index contributed by atoms with van der Waals surface area (Å²) >= 11 is 0. The van der Waals surface area contributed by atoms with Crippen molar-refractivity contribution in [1.82, 2.24) is 4.90 Å². The van der Waals surface area contributed by atoms with Crippen molar-refractivity contribution in [2.24, 2.45) is 4.99 Å². The minimum atomic E-state index is -2.65. The van der Waals surface area contributed by atoms with Gasteiger partial charge in [0, 0.05) is 25.5 Å². The van der Waals surface area contributed by atoms with Crippen LogP contribution in [0.2, 0.25) is 0 Å². The Morgan fingerprint density at radius 2 is 1.39 bits per heavy atom. The van der Waals surface area contributed by atoms with E-state index in [0.29, 0.717) is 26.0 Å². The summed E-state index contributed by atoms with van der Waals surface area (Å²) in [5.41, 5.74) is 1.24. The maximum Gasteiger partial charge on any atom is 0.523 e. The highest BCUT2D eigenvalue weighted by Crippen LogP contribution is 2.12. The fraction of sp³-hybridized carbons (Fsp3) is 0.941. The van der Waals surface area contributed by atoms with Crippen LogP contribution in [0.25, 0.3) is 0 Å². The second-order valence-electron chi connectivity index (χ2n) is 5.35. The molecule has 5 nitrogen and oxygen atoms in total. The Bertz CT molecular complexity index is 293. The van der Waals surface area contributed by atoms with Gasteiger partial charge in [-0.1, -0.05) is 20.8 Å². The molecule has 0 amide bonds. The van der Waals surface area contributed by atoms with E-state index in [1.54, 1.807) is 0 Å². The number of rotatable bonds is 15. The van der Waals surface area contributed by atoms with Crippen molar-refractivity contribution in [3.63, 3.8) is 0 Å². The average molecular weight is 347 g/mol. The summed E-state index contributed by atoms with van der Waals surface area (Å²) in [4.78, 5) is 7.26. The zero-order valence-corrected chi connectivity index (χ0v) is 17.2. The Balaban J connectivity index is 4.65. The topological polar surface area (TPSA) is 43.3 Å². The first kappa shape index (κ1) is 22.7. The quantitative estimate of drug-likeness (QED) is 0.336. The van der Waals surface area contributed by atoms with Crippen molar-refractivity contribution in [3.05, 3.63) is 0 Å². The van der Waals surface area contributed by atoms with Gasteiger partial charge in [0.05, 0.1) is 0 Å². The molecule has 0 heterocycles. The second kappa shape index (κ2) is 14.1. The predicted octanol–water partition coefficient (Wildman–Crippen LogP) is 3.55. The molecular formula is C17H38N2O3Si. The third-order valence-corrected chi connectivity index (χ3v) is 6.56. The van der Waals surface area contributed by atoms with E-state index in [2.05, 4.69) is 25.7 Å². The van der Waals surface area contributed by atoms with Crippen LogP contribution in [0.4, 0.5) is 0 Å². The molecule has 0 rings (SSSR count). The third-order valence-electron chi connectivity index (χ3n) is 3.83. The van der Waals surface area contributed by atoms with Gasteiger partial charge < -0.3 is 18.2 Å². The molecule has 0 aliphatic carbocycles. The molecule has 23 heavy (non-hydrogen) atoms. The van der Waals surface area contributed by atoms with Gasteiger partial charge in [0.1, 0.15) is 6.17 Å². The first-order valence-corrected chi connectivity index (χ1v) is 11.2. The SMILES string of the molecule is CCO[Si](CN=C(CC)CCCN(CC)CC)(OCC)OCC. The van der Waals surface area contributed by atoms with Crippen LogP contribution in [0.5, 0.6) is 0 Å². The number of hydrogen-bond acceptors (Lipinski definition) is 5. The van der Waals surface area contributed by atoms with Crippen molar-refractivity contribution >= 4 is 14.5 Å². The highest BCUT2D eigenvalue weighted by Gasteiger charge is 2.40. The fourth-order valence-electron chi connectivity index (χ4n) is 2.54. The molecule has 0 aliphatic heterocycles. The Hall–Kier alpha value is -0.273. The van der Waals surface area contributed by atoms with E-state index in [1.807, 2.05) is 20.8 Å². The third kappa shape index (κ3) is 9.57. The van der Waals surface area contributed by atoms with Gasteiger partial charge in [0.25, 0.3) is 0 Å². The molecule has 0 aromatic carbocycles. The minimum Gasteiger partial charge on any atom is -0.373 e. The van der Waals surface area contributed by atoms with Crippen molar-refractivity contribution in [1.29, 1.82) is 0 Å². The summed E-state index contributed by atoms with van der Waals surface area (Å²) in [6, 6.07) is 0. The molecule has 0 atom stereocenters. The molecule has 0 saturated carbocycles. The lowest BCUT2D eigenvalue weighted by Gasteiger charge is -2.27. The van der Waals surface area contributed by atoms with E-state index in [1.165, 1.54) is 5.71 Å². The zero-order valence-electron chi connectivity index (χ0n) is 16.2. The normalized spacial score (nSPS) is 13.1. The van der Waals surface area contributed by atoms with Crippen LogP contribution in [0, 0.1) is 0 Å². The average Bonchev–Trinajstić information content (AvgIpc) is 2.55. The second-order valence-corrected chi connectivity index (χ2v) is 7.90. The number of hydrogen-bond donors (Lipinski definition) is 0. The number of aliphatic imine (C=N–C) groups is 1. The Morgan fingerprint density at radius 3 is 1.78 bits per heavy atom. The summed E-state index contributed by atoms with van der Waals surface area (Å²) in [5.74, 6) is 0. The van der Waals surface area contributed by atoms with E-state index in [-0.39, 0.29) is 0 Å². The summed E-state index contributed by atoms with van der Waals surface area (Å²) in [6.45, 7) is 17.7. The highest BCUT2D eigenvalue weighted by molar-refractivity contribution is 6.61. The molecule has 0 radical (unpaired) electrons. The smallest absolute Gasteiger partial charge is 0.373 e. The van der Waals surface area contributed by atoms with Gasteiger partial charge in [0.15, 0.2) is 0 Å². The van der Waals surface area contributed by atoms with Gasteiger partial charge in [-0.25, -0.2) is 0 Å². The van der Waals surface area contributed by atoms with Gasteiger partial charge in [-0.15, -0.1) is 0 Å². The zero-order chi connectivity index (χ0) is 17.6. The summed E-state index contributed by atoms with van der Waals surface area (Å²) < 4.78 is 17.6. The monoisotopic (exact) mass is 346 g/mol. The van der Waals surface area contributed by atoms with Crippen LogP contribution < -0.4 is 0 Å². The Labute approximate surface area is 144 Å². The summed E-state index contributed by atoms with van der Waals surface area (Å²) in [7, 11) is -2.65. The lowest BCUT2D eigenvalue weighted by atomic mass is 10.1. The molecule has 0 N–H and O–H groups in total. The van der Waals surface area contributed by atoms with E-state index in [0.717, 1.165) is 38.9 Å². The van der Waals surface area contributed by atoms with Crippen molar-refractivity contribution < 1.29 is 13.3 Å². The first-order valence-electron chi connectivity index (χ1n) is 9.27. The molecule has 0 saturated heterocycles. The lowest BCUT2D eigenvalue weighted by molar-refractivity contribution is 0.0729. The molecule has 0 spiro atoms. The molecular weight excluding hydrogens is 308 g/mol. The van der Waals surface area contributed by atoms with E-state index in [4.69, 9.17) is 18.3 Å². The largest absolute Gasteiger partial charge is 0.523 e. The van der Waals surface area contributed by atoms with Gasteiger partial charge in [-0.2, -0.15) is 0 Å². The van der Waals surface area contributed by atoms with Crippen LogP contribution in [0.3, 0.4) is 0 Å². The maximum atomic E-state index is 5.86. The van der Waals surface area contributed by atoms with Crippen LogP contribution in [-0.2, 0) is 13.3 Å². The highest BCUT2D eigenvalue weighted by atomic mass is 28.4. The summed E-state index contributed by atoms with van der Waals surface area (Å²) in [5, 5.41) is 0. The van der Waals surface area contributed by atoms with Crippen molar-refractivity contribution in [2.45, 2.75) is 60.8 Å². The molecule has 0 bridgehead atoms. The van der Waals surface area contributed by atoms with E-state index >= 15 is 0 Å². The molecule has 0 unspecified atom stereocenters. The van der Waals surface area contributed by atoms with Crippen molar-refractivity contribution in [3.8, 4) is 0 Å². The van der Waals surface area contributed by atoms with E-state index < -0.39 is 8.80 Å². The molecule has 0 aromatic rings. The standard InChI is InChI=1S/C17H38N2O3Si/c1-7-17(14-13-15-19(8-2)9-3)18-16-23(20-10-4,21-11-5)22-12-6/h7-16H2,1-6H3. The van der Waals surface area contributed by atoms with Crippen LogP contribution in [0.15, 0.2) is 4.99 Å². The van der Waals surface area contributed by atoms with Crippen LogP contribution >= 0.6 is 0 Å². The molecule has 6 heteroatoms. The molecule has 138 valence electrons. The van der Waals surface area contributed by atoms with Gasteiger partial charge >= 0.3 is 8.80 Å². The maximum absolute atomic E-state index is 5.86. The Kier molecular flexibility index (Phi) is 13.9. The van der Waals surface area contributed by atoms with Crippen LogP contribution in [0.1, 0.15) is 60.8 Å². The fourth-order valence-corrected chi connectivity index (χ4v) is 4.81. The van der Waals surface area contributed by atoms with Crippen molar-refractivity contribution in [2.75, 3.05) is 45.6 Å². The number of nitrogens with zero attached hydrogens (tertiary/aromatic N) is 2. The molecule has 0 aliphatic rings. The molecule has 0 fully saturated rings. The van der Waals surface area contributed by atoms with Crippen LogP contribution in [-0.4, -0.2) is 65.0 Å². The van der Waals surface area contributed by atoms with Gasteiger partial charge in [-0.3, -0.25) is 4.99 Å². The van der Waals surface area contributed by atoms with Gasteiger partial charge in [0.2, 0.25) is 0 Å². The summed E-state index contributed by atoms with van der Waals surface area (Å²) in [6.07, 6.45) is 3.72. The lowest BCUT2D eigenvalue weighted by Crippen LogP contribution is -2.49. The Morgan fingerprint density at radius 1 is 0.870 bits per heavy atom. The molecule has 0 aromatic heterocycles. The minimum absolute atomic E-state index is 0.539.